The van der Waals surface area contributed by atoms with Gasteiger partial charge in [0.05, 0.1) is 0 Å². The van der Waals surface area contributed by atoms with Crippen LogP contribution >= 0.6 is 15.9 Å². The largest absolute Gasteiger partial charge is 0.482 e. The van der Waals surface area contributed by atoms with Gasteiger partial charge in [-0.2, -0.15) is 0 Å². The van der Waals surface area contributed by atoms with Gasteiger partial charge < -0.3 is 14.4 Å². The van der Waals surface area contributed by atoms with E-state index in [1.807, 2.05) is 31.1 Å². The molecule has 94 valence electrons. The normalized spacial score (nSPS) is 10.4. The quantitative estimate of drug-likeness (QED) is 0.753. The number of carbonyl (C=O) groups is 1. The Morgan fingerprint density at radius 1 is 1.29 bits per heavy atom. The van der Waals surface area contributed by atoms with Gasteiger partial charge in [-0.05, 0) is 38.4 Å². The van der Waals surface area contributed by atoms with Crippen molar-refractivity contribution in [2.45, 2.75) is 0 Å². The van der Waals surface area contributed by atoms with Crippen molar-refractivity contribution in [1.82, 2.24) is 4.90 Å². The van der Waals surface area contributed by atoms with Crippen LogP contribution in [-0.4, -0.2) is 44.7 Å². The van der Waals surface area contributed by atoms with Gasteiger partial charge in [0.25, 0.3) is 0 Å². The molecule has 0 amide bonds. The van der Waals surface area contributed by atoms with Gasteiger partial charge in [0.2, 0.25) is 0 Å². The molecule has 1 aromatic rings. The molecular formula is C12H16BrNO3. The fourth-order valence-corrected chi connectivity index (χ4v) is 1.32. The summed E-state index contributed by atoms with van der Waals surface area (Å²) < 4.78 is 11.2. The molecule has 0 saturated carbocycles. The van der Waals surface area contributed by atoms with E-state index in [1.165, 1.54) is 0 Å². The van der Waals surface area contributed by atoms with E-state index in [2.05, 4.69) is 15.9 Å². The number of rotatable bonds is 6. The van der Waals surface area contributed by atoms with Crippen LogP contribution in [0.3, 0.4) is 0 Å². The summed E-state index contributed by atoms with van der Waals surface area (Å²) in [5, 5.41) is 0. The lowest BCUT2D eigenvalue weighted by atomic mass is 10.3. The second-order valence-electron chi connectivity index (χ2n) is 3.77. The lowest BCUT2D eigenvalue weighted by Gasteiger charge is -2.10. The number of hydrogen-bond acceptors (Lipinski definition) is 4. The van der Waals surface area contributed by atoms with Gasteiger partial charge in [-0.15, -0.1) is 0 Å². The Hall–Kier alpha value is -1.07. The van der Waals surface area contributed by atoms with Gasteiger partial charge in [0.15, 0.2) is 6.61 Å². The van der Waals surface area contributed by atoms with E-state index in [9.17, 15) is 4.79 Å². The standard InChI is InChI=1S/C12H16BrNO3/c1-14(2)7-8-16-12(15)9-17-11-5-3-10(13)4-6-11/h3-6H,7-9H2,1-2H3. The van der Waals surface area contributed by atoms with Gasteiger partial charge >= 0.3 is 5.97 Å². The molecule has 5 heteroatoms. The number of halogens is 1. The first-order valence-corrected chi connectivity index (χ1v) is 6.06. The van der Waals surface area contributed by atoms with Crippen LogP contribution in [0, 0.1) is 0 Å². The number of benzene rings is 1. The molecule has 0 unspecified atom stereocenters. The highest BCUT2D eigenvalue weighted by Crippen LogP contribution is 2.15. The van der Waals surface area contributed by atoms with Crippen LogP contribution < -0.4 is 4.74 Å². The minimum atomic E-state index is -0.352. The number of esters is 1. The van der Waals surface area contributed by atoms with Crippen molar-refractivity contribution in [3.05, 3.63) is 28.7 Å². The molecule has 0 aromatic heterocycles. The maximum atomic E-state index is 11.3. The highest BCUT2D eigenvalue weighted by atomic mass is 79.9. The van der Waals surface area contributed by atoms with Crippen LogP contribution in [0.5, 0.6) is 5.75 Å². The van der Waals surface area contributed by atoms with E-state index in [-0.39, 0.29) is 12.6 Å². The third kappa shape index (κ3) is 6.28. The molecule has 0 aliphatic carbocycles. The zero-order valence-corrected chi connectivity index (χ0v) is 11.6. The Bertz CT molecular complexity index is 351. The summed E-state index contributed by atoms with van der Waals surface area (Å²) in [6.45, 7) is 1.04. The van der Waals surface area contributed by atoms with Crippen molar-refractivity contribution in [3.8, 4) is 5.75 Å². The Balaban J connectivity index is 2.21. The fraction of sp³-hybridized carbons (Fsp3) is 0.417. The summed E-state index contributed by atoms with van der Waals surface area (Å²) in [7, 11) is 3.85. The molecule has 0 spiro atoms. The van der Waals surface area contributed by atoms with Crippen molar-refractivity contribution in [3.63, 3.8) is 0 Å². The van der Waals surface area contributed by atoms with Gasteiger partial charge in [0.1, 0.15) is 12.4 Å². The van der Waals surface area contributed by atoms with Gasteiger partial charge in [0, 0.05) is 11.0 Å². The summed E-state index contributed by atoms with van der Waals surface area (Å²) in [6, 6.07) is 7.29. The molecule has 0 atom stereocenters. The third-order valence-corrected chi connectivity index (χ3v) is 2.50. The molecule has 0 N–H and O–H groups in total. The molecular weight excluding hydrogens is 286 g/mol. The monoisotopic (exact) mass is 301 g/mol. The summed E-state index contributed by atoms with van der Waals surface area (Å²) in [6.07, 6.45) is 0. The Kier molecular flexibility index (Phi) is 6.00. The highest BCUT2D eigenvalue weighted by Gasteiger charge is 2.04. The van der Waals surface area contributed by atoms with Crippen LogP contribution in [-0.2, 0) is 9.53 Å². The van der Waals surface area contributed by atoms with Crippen LogP contribution in [0.15, 0.2) is 28.7 Å². The molecule has 1 rings (SSSR count). The number of carbonyl (C=O) groups excluding carboxylic acids is 1. The lowest BCUT2D eigenvalue weighted by Crippen LogP contribution is -2.22. The Morgan fingerprint density at radius 2 is 1.94 bits per heavy atom. The van der Waals surface area contributed by atoms with Gasteiger partial charge in [-0.3, -0.25) is 0 Å². The fourth-order valence-electron chi connectivity index (χ4n) is 1.06. The molecule has 0 aliphatic heterocycles. The zero-order valence-electron chi connectivity index (χ0n) is 9.98. The molecule has 0 fully saturated rings. The molecule has 17 heavy (non-hydrogen) atoms. The average Bonchev–Trinajstić information content (AvgIpc) is 2.28. The second-order valence-corrected chi connectivity index (χ2v) is 4.68. The predicted molar refractivity (Wildman–Crippen MR) is 69.2 cm³/mol. The molecule has 4 nitrogen and oxygen atoms in total. The van der Waals surface area contributed by atoms with Crippen molar-refractivity contribution in [2.75, 3.05) is 33.9 Å². The van der Waals surface area contributed by atoms with Crippen LogP contribution in [0.4, 0.5) is 0 Å². The molecule has 0 bridgehead atoms. The van der Waals surface area contributed by atoms with Crippen molar-refractivity contribution >= 4 is 21.9 Å². The lowest BCUT2D eigenvalue weighted by molar-refractivity contribution is -0.146. The first-order chi connectivity index (χ1) is 8.08. The second kappa shape index (κ2) is 7.29. The summed E-state index contributed by atoms with van der Waals surface area (Å²) >= 11 is 3.32. The molecule has 0 saturated heterocycles. The van der Waals surface area contributed by atoms with Crippen molar-refractivity contribution in [1.29, 1.82) is 0 Å². The van der Waals surface area contributed by atoms with E-state index in [4.69, 9.17) is 9.47 Å². The van der Waals surface area contributed by atoms with E-state index in [1.54, 1.807) is 12.1 Å². The third-order valence-electron chi connectivity index (χ3n) is 1.97. The van der Waals surface area contributed by atoms with E-state index >= 15 is 0 Å². The number of hydrogen-bond donors (Lipinski definition) is 0. The van der Waals surface area contributed by atoms with Crippen molar-refractivity contribution in [2.24, 2.45) is 0 Å². The number of ether oxygens (including phenoxy) is 2. The van der Waals surface area contributed by atoms with E-state index in [0.717, 1.165) is 4.47 Å². The Labute approximate surface area is 110 Å². The summed E-state index contributed by atoms with van der Waals surface area (Å²) in [4.78, 5) is 13.2. The summed E-state index contributed by atoms with van der Waals surface area (Å²) in [5.41, 5.74) is 0. The molecule has 0 heterocycles. The SMILES string of the molecule is CN(C)CCOC(=O)COc1ccc(Br)cc1. The van der Waals surface area contributed by atoms with E-state index < -0.39 is 0 Å². The molecule has 0 radical (unpaired) electrons. The number of likely N-dealkylation sites (N-methyl/N-ethyl adjacent to an activating group) is 1. The average molecular weight is 302 g/mol. The van der Waals surface area contributed by atoms with Crippen LogP contribution in [0.1, 0.15) is 0 Å². The van der Waals surface area contributed by atoms with Crippen molar-refractivity contribution < 1.29 is 14.3 Å². The Morgan fingerprint density at radius 3 is 2.53 bits per heavy atom. The summed E-state index contributed by atoms with van der Waals surface area (Å²) in [5.74, 6) is 0.299. The zero-order chi connectivity index (χ0) is 12.7. The predicted octanol–water partition coefficient (Wildman–Crippen LogP) is 1.93. The maximum absolute atomic E-state index is 11.3. The first-order valence-electron chi connectivity index (χ1n) is 5.26. The smallest absolute Gasteiger partial charge is 0.344 e. The minimum absolute atomic E-state index is 0.0605. The number of nitrogens with zero attached hydrogens (tertiary/aromatic N) is 1. The van der Waals surface area contributed by atoms with Gasteiger partial charge in [-0.1, -0.05) is 15.9 Å². The first kappa shape index (κ1) is 14.0. The topological polar surface area (TPSA) is 38.8 Å². The van der Waals surface area contributed by atoms with Crippen LogP contribution in [0.25, 0.3) is 0 Å². The highest BCUT2D eigenvalue weighted by molar-refractivity contribution is 9.10. The molecule has 1 aromatic carbocycles. The maximum Gasteiger partial charge on any atom is 0.344 e. The van der Waals surface area contributed by atoms with Gasteiger partial charge in [-0.25, -0.2) is 4.79 Å². The van der Waals surface area contributed by atoms with Crippen LogP contribution in [0.2, 0.25) is 0 Å². The molecule has 0 aliphatic rings. The minimum Gasteiger partial charge on any atom is -0.482 e. The van der Waals surface area contributed by atoms with E-state index in [0.29, 0.717) is 18.9 Å².